The number of rotatable bonds is 3. The lowest BCUT2D eigenvalue weighted by atomic mass is 9.86. The molecular formula is C17H24N2O2. The summed E-state index contributed by atoms with van der Waals surface area (Å²) in [7, 11) is 0. The number of amides is 1. The Kier molecular flexibility index (Phi) is 3.89. The monoisotopic (exact) mass is 288 g/mol. The summed E-state index contributed by atoms with van der Waals surface area (Å²) in [5.41, 5.74) is 6.73. The Morgan fingerprint density at radius 3 is 2.86 bits per heavy atom. The zero-order chi connectivity index (χ0) is 14.9. The van der Waals surface area contributed by atoms with E-state index >= 15 is 0 Å². The number of para-hydroxylation sites is 1. The van der Waals surface area contributed by atoms with Crippen molar-refractivity contribution in [1.82, 2.24) is 5.32 Å². The first-order valence-electron chi connectivity index (χ1n) is 7.91. The Morgan fingerprint density at radius 1 is 1.43 bits per heavy atom. The third kappa shape index (κ3) is 3.05. The molecule has 4 heteroatoms. The van der Waals surface area contributed by atoms with Crippen LogP contribution in [-0.2, 0) is 4.79 Å². The molecular weight excluding hydrogens is 264 g/mol. The topological polar surface area (TPSA) is 64.4 Å². The second kappa shape index (κ2) is 5.68. The molecule has 1 saturated carbocycles. The van der Waals surface area contributed by atoms with E-state index in [0.717, 1.165) is 30.6 Å². The fraction of sp³-hybridized carbons (Fsp3) is 0.588. The molecule has 2 aliphatic rings. The van der Waals surface area contributed by atoms with E-state index in [9.17, 15) is 4.79 Å². The van der Waals surface area contributed by atoms with Crippen LogP contribution in [0.2, 0.25) is 0 Å². The van der Waals surface area contributed by atoms with E-state index in [-0.39, 0.29) is 23.6 Å². The van der Waals surface area contributed by atoms with E-state index in [1.165, 1.54) is 12.8 Å². The molecule has 0 radical (unpaired) electrons. The van der Waals surface area contributed by atoms with E-state index < -0.39 is 0 Å². The van der Waals surface area contributed by atoms with Crippen molar-refractivity contribution < 1.29 is 9.53 Å². The lowest BCUT2D eigenvalue weighted by Gasteiger charge is -2.40. The molecule has 0 saturated heterocycles. The van der Waals surface area contributed by atoms with Gasteiger partial charge in [-0.25, -0.2) is 0 Å². The molecule has 0 aromatic heterocycles. The molecule has 1 aliphatic carbocycles. The van der Waals surface area contributed by atoms with Crippen LogP contribution in [0.4, 0.5) is 0 Å². The Morgan fingerprint density at radius 2 is 2.14 bits per heavy atom. The smallest absolute Gasteiger partial charge is 0.222 e. The highest BCUT2D eigenvalue weighted by Crippen LogP contribution is 2.46. The van der Waals surface area contributed by atoms with Gasteiger partial charge in [-0.3, -0.25) is 4.79 Å². The summed E-state index contributed by atoms with van der Waals surface area (Å²) in [5.74, 6) is 0.955. The highest BCUT2D eigenvalue weighted by molar-refractivity contribution is 5.77. The van der Waals surface area contributed by atoms with Crippen molar-refractivity contribution in [3.8, 4) is 5.75 Å². The van der Waals surface area contributed by atoms with E-state index in [4.69, 9.17) is 10.5 Å². The van der Waals surface area contributed by atoms with Crippen molar-refractivity contribution in [2.45, 2.75) is 63.1 Å². The molecule has 21 heavy (non-hydrogen) atoms. The molecule has 1 aliphatic heterocycles. The Hall–Kier alpha value is -1.55. The van der Waals surface area contributed by atoms with Crippen LogP contribution in [0.5, 0.6) is 5.75 Å². The van der Waals surface area contributed by atoms with Gasteiger partial charge in [0.25, 0.3) is 0 Å². The first-order valence-corrected chi connectivity index (χ1v) is 7.91. The lowest BCUT2D eigenvalue weighted by Crippen LogP contribution is -2.44. The van der Waals surface area contributed by atoms with Gasteiger partial charge in [-0.2, -0.15) is 0 Å². The van der Waals surface area contributed by atoms with Crippen LogP contribution in [-0.4, -0.2) is 17.6 Å². The Balaban J connectivity index is 1.82. The summed E-state index contributed by atoms with van der Waals surface area (Å²) in [4.78, 5) is 12.1. The van der Waals surface area contributed by atoms with Gasteiger partial charge in [-0.1, -0.05) is 18.2 Å². The Labute approximate surface area is 126 Å². The van der Waals surface area contributed by atoms with Crippen molar-refractivity contribution in [2.75, 3.05) is 0 Å². The van der Waals surface area contributed by atoms with Gasteiger partial charge < -0.3 is 15.8 Å². The van der Waals surface area contributed by atoms with Crippen LogP contribution in [0, 0.1) is 0 Å². The summed E-state index contributed by atoms with van der Waals surface area (Å²) in [6, 6.07) is 7.99. The van der Waals surface area contributed by atoms with Crippen LogP contribution in [0.3, 0.4) is 0 Å². The summed E-state index contributed by atoms with van der Waals surface area (Å²) in [5, 5.41) is 3.16. The van der Waals surface area contributed by atoms with E-state index in [2.05, 4.69) is 5.32 Å². The molecule has 1 spiro atoms. The molecule has 1 amide bonds. The van der Waals surface area contributed by atoms with Gasteiger partial charge in [0.15, 0.2) is 0 Å². The van der Waals surface area contributed by atoms with Crippen LogP contribution in [0.15, 0.2) is 24.3 Å². The van der Waals surface area contributed by atoms with Gasteiger partial charge in [0.05, 0.1) is 6.04 Å². The molecule has 2 atom stereocenters. The molecule has 1 fully saturated rings. The molecule has 114 valence electrons. The minimum atomic E-state index is -0.111. The molecule has 1 heterocycles. The predicted molar refractivity (Wildman–Crippen MR) is 82.0 cm³/mol. The molecule has 4 nitrogen and oxygen atoms in total. The van der Waals surface area contributed by atoms with Crippen molar-refractivity contribution in [3.63, 3.8) is 0 Å². The molecule has 0 bridgehead atoms. The van der Waals surface area contributed by atoms with Crippen LogP contribution in [0.1, 0.15) is 57.1 Å². The van der Waals surface area contributed by atoms with E-state index in [1.54, 1.807) is 0 Å². The van der Waals surface area contributed by atoms with Gasteiger partial charge in [-0.05, 0) is 38.7 Å². The second-order valence-electron chi connectivity index (χ2n) is 6.54. The van der Waals surface area contributed by atoms with E-state index in [0.29, 0.717) is 6.42 Å². The number of nitrogens with one attached hydrogen (secondary N) is 1. The average Bonchev–Trinajstić information content (AvgIpc) is 2.85. The fourth-order valence-corrected chi connectivity index (χ4v) is 3.62. The van der Waals surface area contributed by atoms with Gasteiger partial charge in [0, 0.05) is 24.4 Å². The van der Waals surface area contributed by atoms with Crippen molar-refractivity contribution in [3.05, 3.63) is 29.8 Å². The SMILES string of the molecule is CC(N)CC(=O)NC1CC2(CCCC2)Oc2ccccc21. The van der Waals surface area contributed by atoms with Crippen molar-refractivity contribution in [2.24, 2.45) is 5.73 Å². The average molecular weight is 288 g/mol. The maximum atomic E-state index is 12.1. The molecule has 3 N–H and O–H groups in total. The number of hydrogen-bond donors (Lipinski definition) is 2. The standard InChI is InChI=1S/C17H24N2O2/c1-12(18)10-16(20)19-14-11-17(8-4-5-9-17)21-15-7-3-2-6-13(14)15/h2-3,6-7,12,14H,4-5,8-11,18H2,1H3,(H,19,20). The maximum absolute atomic E-state index is 12.1. The zero-order valence-corrected chi connectivity index (χ0v) is 12.6. The highest BCUT2D eigenvalue weighted by atomic mass is 16.5. The number of fused-ring (bicyclic) bond motifs is 1. The zero-order valence-electron chi connectivity index (χ0n) is 12.6. The number of hydrogen-bond acceptors (Lipinski definition) is 3. The first-order chi connectivity index (χ1) is 10.1. The van der Waals surface area contributed by atoms with Gasteiger partial charge in [0.1, 0.15) is 11.4 Å². The summed E-state index contributed by atoms with van der Waals surface area (Å²) in [6.07, 6.45) is 5.83. The summed E-state index contributed by atoms with van der Waals surface area (Å²) < 4.78 is 6.30. The summed E-state index contributed by atoms with van der Waals surface area (Å²) >= 11 is 0. The molecule has 2 unspecified atom stereocenters. The third-order valence-corrected chi connectivity index (χ3v) is 4.55. The highest BCUT2D eigenvalue weighted by Gasteiger charge is 2.43. The molecule has 3 rings (SSSR count). The minimum Gasteiger partial charge on any atom is -0.487 e. The molecule has 1 aromatic carbocycles. The predicted octanol–water partition coefficient (Wildman–Crippen LogP) is 2.68. The fourth-order valence-electron chi connectivity index (χ4n) is 3.62. The number of carbonyl (C=O) groups excluding carboxylic acids is 1. The van der Waals surface area contributed by atoms with Gasteiger partial charge in [-0.15, -0.1) is 0 Å². The quantitative estimate of drug-likeness (QED) is 0.898. The van der Waals surface area contributed by atoms with Gasteiger partial charge >= 0.3 is 0 Å². The third-order valence-electron chi connectivity index (χ3n) is 4.55. The molecule has 1 aromatic rings. The first kappa shape index (κ1) is 14.4. The van der Waals surface area contributed by atoms with Crippen LogP contribution < -0.4 is 15.8 Å². The van der Waals surface area contributed by atoms with Gasteiger partial charge in [0.2, 0.25) is 5.91 Å². The maximum Gasteiger partial charge on any atom is 0.222 e. The van der Waals surface area contributed by atoms with Crippen molar-refractivity contribution >= 4 is 5.91 Å². The Bertz CT molecular complexity index is 521. The van der Waals surface area contributed by atoms with E-state index in [1.807, 2.05) is 31.2 Å². The lowest BCUT2D eigenvalue weighted by molar-refractivity contribution is -0.122. The summed E-state index contributed by atoms with van der Waals surface area (Å²) in [6.45, 7) is 1.86. The number of carbonyl (C=O) groups is 1. The number of benzene rings is 1. The van der Waals surface area contributed by atoms with Crippen LogP contribution >= 0.6 is 0 Å². The largest absolute Gasteiger partial charge is 0.487 e. The minimum absolute atomic E-state index is 0.0276. The number of nitrogens with two attached hydrogens (primary N) is 1. The number of ether oxygens (including phenoxy) is 1. The normalized spacial score (nSPS) is 24.2. The second-order valence-corrected chi connectivity index (χ2v) is 6.54. The van der Waals surface area contributed by atoms with Crippen molar-refractivity contribution in [1.29, 1.82) is 0 Å². The van der Waals surface area contributed by atoms with Crippen LogP contribution in [0.25, 0.3) is 0 Å².